The van der Waals surface area contributed by atoms with Crippen LogP contribution in [0, 0.1) is 0 Å². The average Bonchev–Trinajstić information content (AvgIpc) is 3.17. The van der Waals surface area contributed by atoms with Crippen LogP contribution in [0.5, 0.6) is 0 Å². The first-order valence-corrected chi connectivity index (χ1v) is 8.19. The molecule has 4 nitrogen and oxygen atoms in total. The predicted molar refractivity (Wildman–Crippen MR) is 86.4 cm³/mol. The van der Waals surface area contributed by atoms with Crippen molar-refractivity contribution in [1.29, 1.82) is 0 Å². The van der Waals surface area contributed by atoms with Gasteiger partial charge in [-0.1, -0.05) is 12.1 Å². The van der Waals surface area contributed by atoms with E-state index in [0.29, 0.717) is 0 Å². The second-order valence-electron chi connectivity index (χ2n) is 4.78. The fourth-order valence-corrected chi connectivity index (χ4v) is 2.78. The summed E-state index contributed by atoms with van der Waals surface area (Å²) < 4.78 is 4.32. The van der Waals surface area contributed by atoms with Gasteiger partial charge in [-0.2, -0.15) is 0 Å². The Labute approximate surface area is 128 Å². The Kier molecular flexibility index (Phi) is 4.10. The van der Waals surface area contributed by atoms with Crippen LogP contribution in [0.4, 0.5) is 0 Å². The molecule has 1 aromatic carbocycles. The highest BCUT2D eigenvalue weighted by Crippen LogP contribution is 2.22. The van der Waals surface area contributed by atoms with E-state index in [1.807, 2.05) is 24.9 Å². The molecule has 0 amide bonds. The number of thioether (sulfide) groups is 1. The zero-order chi connectivity index (χ0) is 14.7. The predicted octanol–water partition coefficient (Wildman–Crippen LogP) is 3.54. The lowest BCUT2D eigenvalue weighted by Gasteiger charge is -2.10. The number of aromatic nitrogens is 4. The van der Waals surface area contributed by atoms with Gasteiger partial charge >= 0.3 is 0 Å². The Morgan fingerprint density at radius 2 is 1.95 bits per heavy atom. The third kappa shape index (κ3) is 2.88. The number of hydrogen-bond acceptors (Lipinski definition) is 3. The normalized spacial score (nSPS) is 11.0. The van der Waals surface area contributed by atoms with Crippen LogP contribution in [0.1, 0.15) is 12.6 Å². The van der Waals surface area contributed by atoms with Crippen LogP contribution in [0.15, 0.2) is 54.1 Å². The summed E-state index contributed by atoms with van der Waals surface area (Å²) in [7, 11) is 0. The van der Waals surface area contributed by atoms with E-state index in [0.717, 1.165) is 24.5 Å². The van der Waals surface area contributed by atoms with Crippen LogP contribution in [0.3, 0.4) is 0 Å². The molecule has 0 fully saturated rings. The number of rotatable bonds is 5. The highest BCUT2D eigenvalue weighted by atomic mass is 32.2. The fraction of sp³-hybridized carbons (Fsp3) is 0.250. The maximum Gasteiger partial charge on any atom is 0.140 e. The molecule has 2 heterocycles. The molecule has 0 saturated heterocycles. The highest BCUT2D eigenvalue weighted by molar-refractivity contribution is 7.98. The summed E-state index contributed by atoms with van der Waals surface area (Å²) in [6.07, 6.45) is 9.75. The first-order chi connectivity index (χ1) is 10.3. The van der Waals surface area contributed by atoms with Gasteiger partial charge in [0, 0.05) is 35.6 Å². The van der Waals surface area contributed by atoms with Crippen molar-refractivity contribution in [3.63, 3.8) is 0 Å². The van der Waals surface area contributed by atoms with Gasteiger partial charge in [0.25, 0.3) is 0 Å². The van der Waals surface area contributed by atoms with Crippen molar-refractivity contribution >= 4 is 11.8 Å². The number of aryl methyl sites for hydroxylation is 1. The van der Waals surface area contributed by atoms with E-state index in [2.05, 4.69) is 56.5 Å². The molecule has 0 unspecified atom stereocenters. The van der Waals surface area contributed by atoms with Crippen molar-refractivity contribution in [2.45, 2.75) is 24.9 Å². The quantitative estimate of drug-likeness (QED) is 0.676. The lowest BCUT2D eigenvalue weighted by molar-refractivity contribution is 0.671. The molecule has 3 rings (SSSR count). The minimum absolute atomic E-state index is 0.785. The van der Waals surface area contributed by atoms with Crippen molar-refractivity contribution in [2.24, 2.45) is 0 Å². The molecule has 2 aromatic heterocycles. The van der Waals surface area contributed by atoms with Gasteiger partial charge in [-0.3, -0.25) is 0 Å². The van der Waals surface area contributed by atoms with E-state index in [-0.39, 0.29) is 0 Å². The minimum atomic E-state index is 0.785. The van der Waals surface area contributed by atoms with Gasteiger partial charge in [0.15, 0.2) is 0 Å². The van der Waals surface area contributed by atoms with Crippen LogP contribution in [0.2, 0.25) is 0 Å². The maximum absolute atomic E-state index is 4.50. The molecule has 0 saturated carbocycles. The molecule has 0 N–H and O–H groups in total. The van der Waals surface area contributed by atoms with Gasteiger partial charge in [-0.25, -0.2) is 9.97 Å². The van der Waals surface area contributed by atoms with E-state index in [4.69, 9.17) is 0 Å². The van der Waals surface area contributed by atoms with Gasteiger partial charge in [0.2, 0.25) is 0 Å². The molecule has 0 atom stereocenters. The first kappa shape index (κ1) is 13.9. The third-order valence-corrected chi connectivity index (χ3v) is 4.28. The van der Waals surface area contributed by atoms with Crippen LogP contribution in [-0.4, -0.2) is 25.4 Å². The Balaban J connectivity index is 1.89. The lowest BCUT2D eigenvalue weighted by atomic mass is 10.2. The van der Waals surface area contributed by atoms with Crippen LogP contribution < -0.4 is 0 Å². The van der Waals surface area contributed by atoms with Gasteiger partial charge in [0.05, 0.1) is 18.6 Å². The van der Waals surface area contributed by atoms with E-state index < -0.39 is 0 Å². The number of imidazole rings is 2. The SMILES string of the molecule is CCn1cncc1Cn1ccnc1-c1ccc(SC)cc1. The second kappa shape index (κ2) is 6.18. The van der Waals surface area contributed by atoms with Crippen molar-refractivity contribution in [3.8, 4) is 11.4 Å². The van der Waals surface area contributed by atoms with E-state index in [1.54, 1.807) is 11.8 Å². The maximum atomic E-state index is 4.50. The van der Waals surface area contributed by atoms with E-state index in [1.165, 1.54) is 10.6 Å². The minimum Gasteiger partial charge on any atom is -0.333 e. The van der Waals surface area contributed by atoms with Gasteiger partial charge in [-0.15, -0.1) is 11.8 Å². The molecular weight excluding hydrogens is 280 g/mol. The summed E-state index contributed by atoms with van der Waals surface area (Å²) in [5.74, 6) is 0.992. The Bertz CT molecular complexity index is 712. The third-order valence-electron chi connectivity index (χ3n) is 3.54. The van der Waals surface area contributed by atoms with Crippen molar-refractivity contribution in [3.05, 3.63) is 54.9 Å². The molecular formula is C16H18N4S. The Hall–Kier alpha value is -2.01. The van der Waals surface area contributed by atoms with Crippen LogP contribution in [0.25, 0.3) is 11.4 Å². The molecule has 0 radical (unpaired) electrons. The van der Waals surface area contributed by atoms with Crippen molar-refractivity contribution in [2.75, 3.05) is 6.26 Å². The summed E-state index contributed by atoms with van der Waals surface area (Å²) in [5.41, 5.74) is 2.33. The molecule has 0 aliphatic carbocycles. The van der Waals surface area contributed by atoms with Crippen LogP contribution >= 0.6 is 11.8 Å². The summed E-state index contributed by atoms with van der Waals surface area (Å²) >= 11 is 1.75. The van der Waals surface area contributed by atoms with Crippen molar-refractivity contribution < 1.29 is 0 Å². The molecule has 5 heteroatoms. The standard InChI is InChI=1S/C16H18N4S/c1-3-19-12-17-10-14(19)11-20-9-8-18-16(20)13-4-6-15(21-2)7-5-13/h4-10,12H,3,11H2,1-2H3. The molecule has 21 heavy (non-hydrogen) atoms. The summed E-state index contributed by atoms with van der Waals surface area (Å²) in [6, 6.07) is 8.52. The average molecular weight is 298 g/mol. The van der Waals surface area contributed by atoms with Gasteiger partial charge in [0.1, 0.15) is 5.82 Å². The van der Waals surface area contributed by atoms with E-state index in [9.17, 15) is 0 Å². The Morgan fingerprint density at radius 3 is 2.67 bits per heavy atom. The lowest BCUT2D eigenvalue weighted by Crippen LogP contribution is -2.06. The summed E-state index contributed by atoms with van der Waals surface area (Å²) in [4.78, 5) is 9.99. The van der Waals surface area contributed by atoms with Crippen LogP contribution in [-0.2, 0) is 13.1 Å². The van der Waals surface area contributed by atoms with Gasteiger partial charge < -0.3 is 9.13 Å². The zero-order valence-electron chi connectivity index (χ0n) is 12.2. The highest BCUT2D eigenvalue weighted by Gasteiger charge is 2.08. The summed E-state index contributed by atoms with van der Waals surface area (Å²) in [6.45, 7) is 3.84. The van der Waals surface area contributed by atoms with Gasteiger partial charge in [-0.05, 0) is 25.3 Å². The smallest absolute Gasteiger partial charge is 0.140 e. The topological polar surface area (TPSA) is 35.6 Å². The molecule has 0 bridgehead atoms. The number of hydrogen-bond donors (Lipinski definition) is 0. The first-order valence-electron chi connectivity index (χ1n) is 6.96. The molecule has 0 aliphatic heterocycles. The second-order valence-corrected chi connectivity index (χ2v) is 5.66. The van der Waals surface area contributed by atoms with E-state index >= 15 is 0 Å². The Morgan fingerprint density at radius 1 is 1.14 bits per heavy atom. The fourth-order valence-electron chi connectivity index (χ4n) is 2.38. The number of nitrogens with zero attached hydrogens (tertiary/aromatic N) is 4. The molecule has 0 spiro atoms. The largest absolute Gasteiger partial charge is 0.333 e. The monoisotopic (exact) mass is 298 g/mol. The molecule has 0 aliphatic rings. The summed E-state index contributed by atoms with van der Waals surface area (Å²) in [5, 5.41) is 0. The zero-order valence-corrected chi connectivity index (χ0v) is 13.0. The van der Waals surface area contributed by atoms with Crippen molar-refractivity contribution in [1.82, 2.24) is 19.1 Å². The number of benzene rings is 1. The molecule has 3 aromatic rings. The molecule has 108 valence electrons.